The van der Waals surface area contributed by atoms with Crippen LogP contribution in [-0.2, 0) is 0 Å². The summed E-state index contributed by atoms with van der Waals surface area (Å²) in [5.41, 5.74) is 1.66. The Bertz CT molecular complexity index is 419. The summed E-state index contributed by atoms with van der Waals surface area (Å²) in [6, 6.07) is 4.24. The van der Waals surface area contributed by atoms with E-state index in [2.05, 4.69) is 19.1 Å². The number of rotatable bonds is 0. The summed E-state index contributed by atoms with van der Waals surface area (Å²) in [5, 5.41) is 18.1. The van der Waals surface area contributed by atoms with Gasteiger partial charge in [0.25, 0.3) is 0 Å². The molecule has 4 bridgehead atoms. The molecule has 5 atom stereocenters. The summed E-state index contributed by atoms with van der Waals surface area (Å²) in [7, 11) is 0. The number of nitrogens with zero attached hydrogens (tertiary/aromatic N) is 2. The average Bonchev–Trinajstić information content (AvgIpc) is 2.29. The molecule has 0 aliphatic heterocycles. The van der Waals surface area contributed by atoms with Crippen LogP contribution in [0.3, 0.4) is 0 Å². The van der Waals surface area contributed by atoms with Gasteiger partial charge in [-0.05, 0) is 60.8 Å². The highest BCUT2D eigenvalue weighted by Crippen LogP contribution is 2.59. The van der Waals surface area contributed by atoms with Gasteiger partial charge in [0.2, 0.25) is 0 Å². The van der Waals surface area contributed by atoms with Crippen LogP contribution in [0.2, 0.25) is 0 Å². The summed E-state index contributed by atoms with van der Waals surface area (Å²) in [6.07, 6.45) is 5.10. The molecule has 4 rings (SSSR count). The first-order chi connectivity index (χ1) is 7.74. The molecule has 82 valence electrons. The monoisotopic (exact) mass is 212 g/mol. The molecule has 4 aliphatic rings. The second-order valence-corrected chi connectivity index (χ2v) is 5.79. The van der Waals surface area contributed by atoms with Gasteiger partial charge in [0.1, 0.15) is 17.7 Å². The van der Waals surface area contributed by atoms with Gasteiger partial charge in [0.05, 0.1) is 0 Å². The van der Waals surface area contributed by atoms with Crippen molar-refractivity contribution in [3.63, 3.8) is 0 Å². The molecule has 4 fully saturated rings. The van der Waals surface area contributed by atoms with E-state index in [0.29, 0.717) is 23.3 Å². The maximum atomic E-state index is 9.07. The fraction of sp³-hybridized carbons (Fsp3) is 0.714. The second-order valence-electron chi connectivity index (χ2n) is 5.79. The van der Waals surface area contributed by atoms with E-state index in [-0.39, 0.29) is 0 Å². The molecule has 4 aliphatic carbocycles. The highest BCUT2D eigenvalue weighted by Gasteiger charge is 2.50. The lowest BCUT2D eigenvalue weighted by Crippen LogP contribution is -2.46. The van der Waals surface area contributed by atoms with Gasteiger partial charge in [-0.25, -0.2) is 0 Å². The predicted octanol–water partition coefficient (Wildman–Crippen LogP) is 3.03. The van der Waals surface area contributed by atoms with Crippen molar-refractivity contribution in [2.24, 2.45) is 29.6 Å². The molecule has 0 saturated heterocycles. The summed E-state index contributed by atoms with van der Waals surface area (Å²) in [5.74, 6) is 3.55. The quantitative estimate of drug-likeness (QED) is 0.579. The summed E-state index contributed by atoms with van der Waals surface area (Å²) in [6.45, 7) is 2.32. The van der Waals surface area contributed by atoms with Crippen molar-refractivity contribution in [1.29, 1.82) is 10.5 Å². The van der Waals surface area contributed by atoms with Gasteiger partial charge in [0.15, 0.2) is 0 Å². The molecule has 16 heavy (non-hydrogen) atoms. The van der Waals surface area contributed by atoms with Gasteiger partial charge in [-0.15, -0.1) is 0 Å². The Morgan fingerprint density at radius 1 is 1.12 bits per heavy atom. The molecule has 0 amide bonds. The largest absolute Gasteiger partial charge is 0.192 e. The van der Waals surface area contributed by atoms with Crippen LogP contribution < -0.4 is 0 Å². The van der Waals surface area contributed by atoms with Gasteiger partial charge in [-0.3, -0.25) is 0 Å². The first kappa shape index (κ1) is 9.91. The third-order valence-electron chi connectivity index (χ3n) is 5.16. The minimum Gasteiger partial charge on any atom is -0.192 e. The summed E-state index contributed by atoms with van der Waals surface area (Å²) >= 11 is 0. The maximum Gasteiger partial charge on any atom is 0.129 e. The van der Waals surface area contributed by atoms with Crippen LogP contribution in [0.15, 0.2) is 11.1 Å². The fourth-order valence-electron chi connectivity index (χ4n) is 4.52. The second kappa shape index (κ2) is 3.36. The normalized spacial score (nSPS) is 43.9. The van der Waals surface area contributed by atoms with Crippen molar-refractivity contribution < 1.29 is 0 Å². The van der Waals surface area contributed by atoms with Crippen LogP contribution in [0, 0.1) is 52.3 Å². The molecule has 0 N–H and O–H groups in total. The molecular formula is C14H16N2. The lowest BCUT2D eigenvalue weighted by atomic mass is 9.50. The highest BCUT2D eigenvalue weighted by atomic mass is 14.5. The standard InChI is InChI=1S/C14H16N2/c1-8-10-2-9-3-11(5-10)14(13(8)4-9)12(6-15)7-16/h8-11,13H,2-5H2,1H3/t8-,9?,10?,11?,13?/m1/s1. The van der Waals surface area contributed by atoms with Crippen molar-refractivity contribution >= 4 is 0 Å². The number of nitriles is 2. The van der Waals surface area contributed by atoms with E-state index in [1.165, 1.54) is 31.3 Å². The van der Waals surface area contributed by atoms with E-state index >= 15 is 0 Å². The zero-order valence-electron chi connectivity index (χ0n) is 9.61. The van der Waals surface area contributed by atoms with Crippen molar-refractivity contribution in [3.05, 3.63) is 11.1 Å². The average molecular weight is 212 g/mol. The molecule has 2 nitrogen and oxygen atoms in total. The first-order valence-corrected chi connectivity index (χ1v) is 6.28. The molecule has 0 aromatic carbocycles. The minimum absolute atomic E-state index is 0.431. The van der Waals surface area contributed by atoms with Crippen molar-refractivity contribution in [2.75, 3.05) is 0 Å². The SMILES string of the molecule is C[C@@H]1C2CC3CC(C2)C(=C(C#N)C#N)C1C3. The van der Waals surface area contributed by atoms with E-state index in [1.807, 2.05) is 0 Å². The topological polar surface area (TPSA) is 47.6 Å². The van der Waals surface area contributed by atoms with Gasteiger partial charge in [0, 0.05) is 0 Å². The molecule has 0 heterocycles. The van der Waals surface area contributed by atoms with Gasteiger partial charge in [-0.1, -0.05) is 6.92 Å². The van der Waals surface area contributed by atoms with E-state index < -0.39 is 0 Å². The molecule has 0 radical (unpaired) electrons. The van der Waals surface area contributed by atoms with Crippen LogP contribution >= 0.6 is 0 Å². The van der Waals surface area contributed by atoms with Gasteiger partial charge >= 0.3 is 0 Å². The summed E-state index contributed by atoms with van der Waals surface area (Å²) < 4.78 is 0. The van der Waals surface area contributed by atoms with Crippen molar-refractivity contribution in [1.82, 2.24) is 0 Å². The maximum absolute atomic E-state index is 9.07. The fourth-order valence-corrected chi connectivity index (χ4v) is 4.52. The molecule has 4 saturated carbocycles. The zero-order chi connectivity index (χ0) is 11.3. The summed E-state index contributed by atoms with van der Waals surface area (Å²) in [4.78, 5) is 0. The number of hydrogen-bond acceptors (Lipinski definition) is 2. The lowest BCUT2D eigenvalue weighted by Gasteiger charge is -2.55. The van der Waals surface area contributed by atoms with Crippen LogP contribution in [-0.4, -0.2) is 0 Å². The van der Waals surface area contributed by atoms with Gasteiger partial charge < -0.3 is 0 Å². The van der Waals surface area contributed by atoms with Crippen LogP contribution in [0.25, 0.3) is 0 Å². The van der Waals surface area contributed by atoms with Crippen LogP contribution in [0.1, 0.15) is 32.6 Å². The first-order valence-electron chi connectivity index (χ1n) is 6.28. The van der Waals surface area contributed by atoms with E-state index in [1.54, 1.807) is 0 Å². The molecule has 2 heteroatoms. The number of hydrogen-bond donors (Lipinski definition) is 0. The van der Waals surface area contributed by atoms with Gasteiger partial charge in [-0.2, -0.15) is 10.5 Å². The minimum atomic E-state index is 0.431. The molecular weight excluding hydrogens is 196 g/mol. The Balaban J connectivity index is 2.07. The third kappa shape index (κ3) is 1.17. The Morgan fingerprint density at radius 3 is 2.56 bits per heavy atom. The highest BCUT2D eigenvalue weighted by molar-refractivity contribution is 5.44. The Morgan fingerprint density at radius 2 is 1.88 bits per heavy atom. The number of allylic oxidation sites excluding steroid dienone is 2. The predicted molar refractivity (Wildman–Crippen MR) is 59.8 cm³/mol. The molecule has 0 spiro atoms. The van der Waals surface area contributed by atoms with E-state index in [4.69, 9.17) is 10.5 Å². The van der Waals surface area contributed by atoms with Crippen LogP contribution in [0.4, 0.5) is 0 Å². The Hall–Kier alpha value is -1.28. The van der Waals surface area contributed by atoms with E-state index in [0.717, 1.165) is 11.8 Å². The van der Waals surface area contributed by atoms with Crippen molar-refractivity contribution in [3.8, 4) is 12.1 Å². The molecule has 4 unspecified atom stereocenters. The smallest absolute Gasteiger partial charge is 0.129 e. The Kier molecular flexibility index (Phi) is 2.08. The lowest BCUT2D eigenvalue weighted by molar-refractivity contribution is 0.0175. The molecule has 0 aromatic heterocycles. The van der Waals surface area contributed by atoms with Crippen LogP contribution in [0.5, 0.6) is 0 Å². The molecule has 0 aromatic rings. The zero-order valence-corrected chi connectivity index (χ0v) is 9.61. The third-order valence-corrected chi connectivity index (χ3v) is 5.16. The van der Waals surface area contributed by atoms with E-state index in [9.17, 15) is 0 Å². The Labute approximate surface area is 96.6 Å². The van der Waals surface area contributed by atoms with Crippen molar-refractivity contribution in [2.45, 2.75) is 32.6 Å².